The van der Waals surface area contributed by atoms with Crippen LogP contribution in [0.3, 0.4) is 0 Å². The van der Waals surface area contributed by atoms with Crippen LogP contribution < -0.4 is 5.32 Å². The molecule has 0 amide bonds. The highest BCUT2D eigenvalue weighted by Crippen LogP contribution is 2.04. The summed E-state index contributed by atoms with van der Waals surface area (Å²) < 4.78 is 4.03. The van der Waals surface area contributed by atoms with Crippen molar-refractivity contribution in [3.8, 4) is 0 Å². The third kappa shape index (κ3) is 6.20. The normalized spacial score (nSPS) is 11.2. The van der Waals surface area contributed by atoms with Gasteiger partial charge in [-0.15, -0.1) is 12.4 Å². The van der Waals surface area contributed by atoms with Crippen molar-refractivity contribution in [2.45, 2.75) is 53.9 Å². The zero-order valence-electron chi connectivity index (χ0n) is 14.0. The summed E-state index contributed by atoms with van der Waals surface area (Å²) in [5, 5.41) is 12.2. The highest BCUT2D eigenvalue weighted by Gasteiger charge is 2.03. The number of nitrogens with one attached hydrogen (secondary N) is 1. The van der Waals surface area contributed by atoms with Crippen LogP contribution >= 0.6 is 12.4 Å². The highest BCUT2D eigenvalue weighted by molar-refractivity contribution is 5.85. The molecule has 124 valence electrons. The minimum Gasteiger partial charge on any atom is -0.308 e. The zero-order chi connectivity index (χ0) is 15.2. The van der Waals surface area contributed by atoms with Gasteiger partial charge in [0.25, 0.3) is 0 Å². The van der Waals surface area contributed by atoms with Gasteiger partial charge in [-0.3, -0.25) is 9.36 Å². The molecular formula is C16H28ClN5. The van der Waals surface area contributed by atoms with Gasteiger partial charge in [0.2, 0.25) is 0 Å². The van der Waals surface area contributed by atoms with Crippen LogP contribution in [0.15, 0.2) is 24.8 Å². The zero-order valence-corrected chi connectivity index (χ0v) is 14.8. The summed E-state index contributed by atoms with van der Waals surface area (Å²) in [7, 11) is 0. The smallest absolute Gasteiger partial charge is 0.0534 e. The van der Waals surface area contributed by atoms with Crippen molar-refractivity contribution in [2.24, 2.45) is 11.8 Å². The lowest BCUT2D eigenvalue weighted by molar-refractivity contribution is 0.482. The van der Waals surface area contributed by atoms with E-state index in [2.05, 4.69) is 55.6 Å². The first-order valence-corrected chi connectivity index (χ1v) is 7.76. The highest BCUT2D eigenvalue weighted by atomic mass is 35.5. The van der Waals surface area contributed by atoms with Crippen LogP contribution in [0.25, 0.3) is 0 Å². The average Bonchev–Trinajstić information content (AvgIpc) is 2.98. The van der Waals surface area contributed by atoms with E-state index in [1.54, 1.807) is 0 Å². The quantitative estimate of drug-likeness (QED) is 0.811. The number of hydrogen-bond donors (Lipinski definition) is 1. The molecule has 0 saturated heterocycles. The van der Waals surface area contributed by atoms with Crippen LogP contribution in [0.2, 0.25) is 0 Å². The van der Waals surface area contributed by atoms with Crippen LogP contribution in [0.5, 0.6) is 0 Å². The van der Waals surface area contributed by atoms with Gasteiger partial charge >= 0.3 is 0 Å². The van der Waals surface area contributed by atoms with Crippen molar-refractivity contribution in [2.75, 3.05) is 0 Å². The largest absolute Gasteiger partial charge is 0.308 e. The van der Waals surface area contributed by atoms with E-state index in [-0.39, 0.29) is 12.4 Å². The molecule has 2 aromatic heterocycles. The lowest BCUT2D eigenvalue weighted by atomic mass is 10.2. The van der Waals surface area contributed by atoms with Gasteiger partial charge in [-0.1, -0.05) is 27.7 Å². The Morgan fingerprint density at radius 3 is 1.64 bits per heavy atom. The molecule has 0 aromatic carbocycles. The Bertz CT molecular complexity index is 496. The van der Waals surface area contributed by atoms with E-state index in [9.17, 15) is 0 Å². The maximum atomic E-state index is 4.38. The predicted molar refractivity (Wildman–Crippen MR) is 91.9 cm³/mol. The molecular weight excluding hydrogens is 298 g/mol. The van der Waals surface area contributed by atoms with E-state index in [1.807, 2.05) is 21.8 Å². The summed E-state index contributed by atoms with van der Waals surface area (Å²) in [5.74, 6) is 1.25. The van der Waals surface area contributed by atoms with E-state index in [4.69, 9.17) is 0 Å². The second kappa shape index (κ2) is 8.96. The van der Waals surface area contributed by atoms with Crippen LogP contribution in [-0.2, 0) is 26.2 Å². The summed E-state index contributed by atoms with van der Waals surface area (Å²) in [6.45, 7) is 12.4. The van der Waals surface area contributed by atoms with E-state index < -0.39 is 0 Å². The molecule has 22 heavy (non-hydrogen) atoms. The predicted octanol–water partition coefficient (Wildman–Crippen LogP) is 3.10. The number of hydrogen-bond acceptors (Lipinski definition) is 3. The molecule has 0 atom stereocenters. The summed E-state index contributed by atoms with van der Waals surface area (Å²) in [6, 6.07) is 0. The maximum absolute atomic E-state index is 4.38. The van der Waals surface area contributed by atoms with Gasteiger partial charge in [0.15, 0.2) is 0 Å². The van der Waals surface area contributed by atoms with Crippen molar-refractivity contribution in [3.63, 3.8) is 0 Å². The van der Waals surface area contributed by atoms with E-state index >= 15 is 0 Å². The summed E-state index contributed by atoms with van der Waals surface area (Å²) in [5.41, 5.74) is 2.45. The first-order chi connectivity index (χ1) is 10.0. The Kier molecular flexibility index (Phi) is 7.62. The molecule has 0 aliphatic heterocycles. The molecule has 6 heteroatoms. The Morgan fingerprint density at radius 2 is 1.27 bits per heavy atom. The minimum absolute atomic E-state index is 0. The molecule has 2 aromatic rings. The Morgan fingerprint density at radius 1 is 0.864 bits per heavy atom. The fourth-order valence-electron chi connectivity index (χ4n) is 2.29. The second-order valence-electron chi connectivity index (χ2n) is 6.53. The Balaban J connectivity index is 0.00000242. The minimum atomic E-state index is 0. The first-order valence-electron chi connectivity index (χ1n) is 7.76. The molecule has 0 aliphatic carbocycles. The fourth-order valence-corrected chi connectivity index (χ4v) is 2.29. The Hall–Kier alpha value is -1.33. The van der Waals surface area contributed by atoms with Crippen LogP contribution in [0, 0.1) is 11.8 Å². The molecule has 0 radical (unpaired) electrons. The molecule has 0 saturated carbocycles. The monoisotopic (exact) mass is 325 g/mol. The van der Waals surface area contributed by atoms with Crippen LogP contribution in [0.4, 0.5) is 0 Å². The second-order valence-corrected chi connectivity index (χ2v) is 6.53. The summed E-state index contributed by atoms with van der Waals surface area (Å²) >= 11 is 0. The van der Waals surface area contributed by atoms with E-state index in [0.29, 0.717) is 11.8 Å². The molecule has 2 rings (SSSR count). The van der Waals surface area contributed by atoms with Gasteiger partial charge in [-0.2, -0.15) is 10.2 Å². The molecule has 0 aliphatic rings. The van der Waals surface area contributed by atoms with E-state index in [0.717, 1.165) is 26.2 Å². The van der Waals surface area contributed by atoms with Gasteiger partial charge in [0, 0.05) is 49.7 Å². The molecule has 0 bridgehead atoms. The molecule has 1 N–H and O–H groups in total. The topological polar surface area (TPSA) is 47.7 Å². The number of rotatable bonds is 8. The maximum Gasteiger partial charge on any atom is 0.0534 e. The van der Waals surface area contributed by atoms with Crippen molar-refractivity contribution >= 4 is 12.4 Å². The van der Waals surface area contributed by atoms with Crippen LogP contribution in [-0.4, -0.2) is 19.6 Å². The molecule has 2 heterocycles. The van der Waals surface area contributed by atoms with Gasteiger partial charge in [-0.25, -0.2) is 0 Å². The van der Waals surface area contributed by atoms with Crippen molar-refractivity contribution < 1.29 is 0 Å². The summed E-state index contributed by atoms with van der Waals surface area (Å²) in [4.78, 5) is 0. The fraction of sp³-hybridized carbons (Fsp3) is 0.625. The third-order valence-corrected chi connectivity index (χ3v) is 3.14. The van der Waals surface area contributed by atoms with Gasteiger partial charge in [-0.05, 0) is 11.8 Å². The molecule has 0 spiro atoms. The third-order valence-electron chi connectivity index (χ3n) is 3.14. The Labute approximate surface area is 139 Å². The molecule has 0 unspecified atom stereocenters. The molecule has 0 fully saturated rings. The van der Waals surface area contributed by atoms with Crippen molar-refractivity contribution in [3.05, 3.63) is 35.9 Å². The van der Waals surface area contributed by atoms with Crippen molar-refractivity contribution in [1.82, 2.24) is 24.9 Å². The lowest BCUT2D eigenvalue weighted by Crippen LogP contribution is -2.12. The van der Waals surface area contributed by atoms with Gasteiger partial charge < -0.3 is 5.32 Å². The SMILES string of the molecule is CC(C)Cn1cc(CNCc2cnn(CC(C)C)c2)cn1.Cl. The van der Waals surface area contributed by atoms with Crippen LogP contribution in [0.1, 0.15) is 38.8 Å². The van der Waals surface area contributed by atoms with E-state index in [1.165, 1.54) is 11.1 Å². The number of aromatic nitrogens is 4. The standard InChI is InChI=1S/C16H27N5.ClH/c1-13(2)9-20-11-15(7-18-20)5-17-6-16-8-19-21(12-16)10-14(3)4;/h7-8,11-14,17H,5-6,9-10H2,1-4H3;1H. The van der Waals surface area contributed by atoms with Gasteiger partial charge in [0.1, 0.15) is 0 Å². The van der Waals surface area contributed by atoms with Crippen molar-refractivity contribution in [1.29, 1.82) is 0 Å². The summed E-state index contributed by atoms with van der Waals surface area (Å²) in [6.07, 6.45) is 8.12. The average molecular weight is 326 g/mol. The number of nitrogens with zero attached hydrogens (tertiary/aromatic N) is 4. The number of halogens is 1. The first kappa shape index (κ1) is 18.7. The van der Waals surface area contributed by atoms with Gasteiger partial charge in [0.05, 0.1) is 12.4 Å². The molecule has 5 nitrogen and oxygen atoms in total. The lowest BCUT2D eigenvalue weighted by Gasteiger charge is -2.04.